The Hall–Kier alpha value is -0.730. The van der Waals surface area contributed by atoms with Crippen LogP contribution in [0.4, 0.5) is 13.2 Å². The smallest absolute Gasteiger partial charge is 0.207 e. The highest BCUT2D eigenvalue weighted by Gasteiger charge is 2.35. The van der Waals surface area contributed by atoms with Crippen molar-refractivity contribution >= 4 is 0 Å². The molecule has 1 aliphatic rings. The zero-order valence-corrected chi connectivity index (χ0v) is 8.00. The third-order valence-corrected chi connectivity index (χ3v) is 2.07. The molecule has 74 valence electrons. The van der Waals surface area contributed by atoms with Crippen molar-refractivity contribution in [3.63, 3.8) is 0 Å². The van der Waals surface area contributed by atoms with Crippen LogP contribution in [0.15, 0.2) is 23.6 Å². The third-order valence-electron chi connectivity index (χ3n) is 2.07. The van der Waals surface area contributed by atoms with E-state index in [2.05, 4.69) is 0 Å². The van der Waals surface area contributed by atoms with Crippen LogP contribution in [0.25, 0.3) is 0 Å². The molecule has 0 fully saturated rings. The average molecular weight is 190 g/mol. The Morgan fingerprint density at radius 2 is 1.92 bits per heavy atom. The van der Waals surface area contributed by atoms with E-state index in [1.54, 1.807) is 0 Å². The summed E-state index contributed by atoms with van der Waals surface area (Å²) in [6.45, 7) is 4.33. The van der Waals surface area contributed by atoms with Crippen LogP contribution in [0.5, 0.6) is 0 Å². The molecule has 0 nitrogen and oxygen atoms in total. The second-order valence-corrected chi connectivity index (χ2v) is 4.19. The van der Waals surface area contributed by atoms with Gasteiger partial charge in [0.05, 0.1) is 5.57 Å². The fraction of sp³-hybridized carbons (Fsp3) is 0.600. The molecule has 0 aromatic carbocycles. The maximum absolute atomic E-state index is 13.0. The first-order chi connectivity index (χ1) is 5.72. The molecule has 13 heavy (non-hydrogen) atoms. The molecule has 0 heterocycles. The lowest BCUT2D eigenvalue weighted by Gasteiger charge is -2.26. The van der Waals surface area contributed by atoms with Gasteiger partial charge in [-0.25, -0.2) is 13.2 Å². The standard InChI is InChI=1S/C10H13F3/c1-9(2)5-4-8(11)7(6-9)10(3,12)13/h4,6H,5H2,1-3H3. The first-order valence-electron chi connectivity index (χ1n) is 4.19. The van der Waals surface area contributed by atoms with Crippen LogP contribution in [-0.4, -0.2) is 5.92 Å². The summed E-state index contributed by atoms with van der Waals surface area (Å²) < 4.78 is 38.7. The predicted molar refractivity (Wildman–Crippen MR) is 46.3 cm³/mol. The van der Waals surface area contributed by atoms with Crippen molar-refractivity contribution in [2.24, 2.45) is 5.41 Å². The van der Waals surface area contributed by atoms with Crippen molar-refractivity contribution in [2.75, 3.05) is 0 Å². The molecule has 1 rings (SSSR count). The molecule has 3 heteroatoms. The van der Waals surface area contributed by atoms with Gasteiger partial charge in [0.15, 0.2) is 0 Å². The van der Waals surface area contributed by atoms with Gasteiger partial charge in [0.25, 0.3) is 5.92 Å². The molecule has 0 radical (unpaired) electrons. The molecule has 0 amide bonds. The lowest BCUT2D eigenvalue weighted by atomic mass is 9.82. The normalized spacial score (nSPS) is 22.3. The van der Waals surface area contributed by atoms with Crippen molar-refractivity contribution in [1.82, 2.24) is 0 Å². The molecule has 0 unspecified atom stereocenters. The second-order valence-electron chi connectivity index (χ2n) is 4.19. The number of allylic oxidation sites excluding steroid dienone is 4. The highest BCUT2D eigenvalue weighted by molar-refractivity contribution is 5.36. The third kappa shape index (κ3) is 2.36. The maximum atomic E-state index is 13.0. The van der Waals surface area contributed by atoms with Crippen LogP contribution >= 0.6 is 0 Å². The van der Waals surface area contributed by atoms with Crippen molar-refractivity contribution < 1.29 is 13.2 Å². The molecular formula is C10H13F3. The SMILES string of the molecule is CC1(C)C=C(C(C)(F)F)C(F)=CC1. The zero-order chi connectivity index (χ0) is 10.3. The minimum absolute atomic E-state index is 0.371. The number of hydrogen-bond donors (Lipinski definition) is 0. The molecular weight excluding hydrogens is 177 g/mol. The molecule has 0 N–H and O–H groups in total. The van der Waals surface area contributed by atoms with Crippen LogP contribution in [0.1, 0.15) is 27.2 Å². The van der Waals surface area contributed by atoms with E-state index < -0.39 is 17.3 Å². The first kappa shape index (κ1) is 10.4. The summed E-state index contributed by atoms with van der Waals surface area (Å²) in [5, 5.41) is 0. The largest absolute Gasteiger partial charge is 0.273 e. The van der Waals surface area contributed by atoms with Gasteiger partial charge < -0.3 is 0 Å². The summed E-state index contributed by atoms with van der Waals surface area (Å²) >= 11 is 0. The Bertz CT molecular complexity index is 266. The maximum Gasteiger partial charge on any atom is 0.273 e. The fourth-order valence-corrected chi connectivity index (χ4v) is 1.32. The fourth-order valence-electron chi connectivity index (χ4n) is 1.32. The van der Waals surface area contributed by atoms with Gasteiger partial charge in [0, 0.05) is 6.92 Å². The molecule has 0 saturated carbocycles. The van der Waals surface area contributed by atoms with Gasteiger partial charge in [0.2, 0.25) is 0 Å². The number of rotatable bonds is 1. The van der Waals surface area contributed by atoms with Gasteiger partial charge in [-0.05, 0) is 17.9 Å². The molecule has 0 atom stereocenters. The molecule has 0 saturated heterocycles. The van der Waals surface area contributed by atoms with E-state index in [0.29, 0.717) is 13.3 Å². The minimum atomic E-state index is -3.09. The molecule has 0 aromatic rings. The number of alkyl halides is 2. The number of halogens is 3. The lowest BCUT2D eigenvalue weighted by Crippen LogP contribution is -2.21. The Morgan fingerprint density at radius 3 is 2.31 bits per heavy atom. The van der Waals surface area contributed by atoms with E-state index in [4.69, 9.17) is 0 Å². The molecule has 0 aliphatic heterocycles. The number of hydrogen-bond acceptors (Lipinski definition) is 0. The summed E-state index contributed by atoms with van der Waals surface area (Å²) in [6, 6.07) is 0. The minimum Gasteiger partial charge on any atom is -0.207 e. The summed E-state index contributed by atoms with van der Waals surface area (Å²) in [5.74, 6) is -3.87. The summed E-state index contributed by atoms with van der Waals surface area (Å²) in [4.78, 5) is 0. The summed E-state index contributed by atoms with van der Waals surface area (Å²) in [6.07, 6.45) is 3.02. The predicted octanol–water partition coefficient (Wildman–Crippen LogP) is 3.85. The van der Waals surface area contributed by atoms with Crippen LogP contribution in [0.3, 0.4) is 0 Å². The van der Waals surface area contributed by atoms with Crippen molar-refractivity contribution in [2.45, 2.75) is 33.1 Å². The molecule has 1 aliphatic carbocycles. The Kier molecular flexibility index (Phi) is 2.30. The van der Waals surface area contributed by atoms with Gasteiger partial charge in [-0.15, -0.1) is 0 Å². The van der Waals surface area contributed by atoms with E-state index in [0.717, 1.165) is 0 Å². The molecule has 0 bridgehead atoms. The van der Waals surface area contributed by atoms with E-state index in [9.17, 15) is 13.2 Å². The Morgan fingerprint density at radius 1 is 1.38 bits per heavy atom. The summed E-state index contributed by atoms with van der Waals surface area (Å²) in [7, 11) is 0. The zero-order valence-electron chi connectivity index (χ0n) is 8.00. The topological polar surface area (TPSA) is 0 Å². The van der Waals surface area contributed by atoms with Crippen molar-refractivity contribution in [1.29, 1.82) is 0 Å². The van der Waals surface area contributed by atoms with Gasteiger partial charge in [-0.2, -0.15) is 0 Å². The van der Waals surface area contributed by atoms with Gasteiger partial charge in [-0.1, -0.05) is 19.9 Å². The van der Waals surface area contributed by atoms with Crippen LogP contribution in [-0.2, 0) is 0 Å². The first-order valence-corrected chi connectivity index (χ1v) is 4.19. The Balaban J connectivity index is 3.06. The monoisotopic (exact) mass is 190 g/mol. The molecule has 0 aromatic heterocycles. The van der Waals surface area contributed by atoms with E-state index in [1.165, 1.54) is 12.2 Å². The quantitative estimate of drug-likeness (QED) is 0.589. The van der Waals surface area contributed by atoms with Crippen LogP contribution in [0.2, 0.25) is 0 Å². The lowest BCUT2D eigenvalue weighted by molar-refractivity contribution is 0.0605. The van der Waals surface area contributed by atoms with E-state index in [-0.39, 0.29) is 5.41 Å². The summed E-state index contributed by atoms with van der Waals surface area (Å²) in [5.41, 5.74) is -0.853. The molecule has 0 spiro atoms. The highest BCUT2D eigenvalue weighted by atomic mass is 19.3. The highest BCUT2D eigenvalue weighted by Crippen LogP contribution is 2.39. The van der Waals surface area contributed by atoms with E-state index in [1.807, 2.05) is 13.8 Å². The second kappa shape index (κ2) is 2.89. The Labute approximate surface area is 76.1 Å². The van der Waals surface area contributed by atoms with Gasteiger partial charge in [-0.3, -0.25) is 0 Å². The van der Waals surface area contributed by atoms with Crippen molar-refractivity contribution in [3.05, 3.63) is 23.6 Å². The average Bonchev–Trinajstić information content (AvgIpc) is 1.92. The van der Waals surface area contributed by atoms with Crippen LogP contribution in [0, 0.1) is 5.41 Å². The van der Waals surface area contributed by atoms with Gasteiger partial charge in [0.1, 0.15) is 5.83 Å². The van der Waals surface area contributed by atoms with Gasteiger partial charge >= 0.3 is 0 Å². The van der Waals surface area contributed by atoms with Crippen LogP contribution < -0.4 is 0 Å². The van der Waals surface area contributed by atoms with E-state index >= 15 is 0 Å². The van der Waals surface area contributed by atoms with Crippen molar-refractivity contribution in [3.8, 4) is 0 Å².